The van der Waals surface area contributed by atoms with Crippen LogP contribution in [-0.4, -0.2) is 42.8 Å². The summed E-state index contributed by atoms with van der Waals surface area (Å²) < 4.78 is 23.1. The summed E-state index contributed by atoms with van der Waals surface area (Å²) in [5.41, 5.74) is 0.958. The predicted molar refractivity (Wildman–Crippen MR) is 88.9 cm³/mol. The Morgan fingerprint density at radius 1 is 1.36 bits per heavy atom. The molecule has 1 aromatic rings. The zero-order chi connectivity index (χ0) is 16.7. The summed E-state index contributed by atoms with van der Waals surface area (Å²) in [4.78, 5) is 19.9. The highest BCUT2D eigenvalue weighted by atomic mass is 32.2. The zero-order valence-electron chi connectivity index (χ0n) is 13.8. The maximum absolute atomic E-state index is 12.5. The van der Waals surface area contributed by atoms with E-state index in [2.05, 4.69) is 18.8 Å². The molecule has 1 aliphatic heterocycles. The Labute approximate surface area is 136 Å². The first kappa shape index (κ1) is 17.4. The van der Waals surface area contributed by atoms with Crippen LogP contribution in [0.3, 0.4) is 0 Å². The van der Waals surface area contributed by atoms with Gasteiger partial charge in [0.25, 0.3) is 0 Å². The van der Waals surface area contributed by atoms with Crippen LogP contribution >= 0.6 is 11.3 Å². The second-order valence-corrected chi connectivity index (χ2v) is 9.67. The fourth-order valence-electron chi connectivity index (χ4n) is 2.71. The van der Waals surface area contributed by atoms with Gasteiger partial charge < -0.3 is 4.90 Å². The summed E-state index contributed by atoms with van der Waals surface area (Å²) in [5, 5.41) is 1.07. The van der Waals surface area contributed by atoms with E-state index in [1.54, 1.807) is 23.3 Å². The molecule has 0 N–H and O–H groups in total. The average molecular weight is 345 g/mol. The number of aryl methyl sites for hydroxylation is 1. The first-order chi connectivity index (χ1) is 10.1. The van der Waals surface area contributed by atoms with Crippen molar-refractivity contribution in [2.24, 2.45) is 5.92 Å². The fraction of sp³-hybridized carbons (Fsp3) is 0.733. The SMILES string of the molecule is Cc1nc(C(C)C)sc1[C@H](C)N(C)C(=O)[C@H]1CCS(=O)(=O)C1. The highest BCUT2D eigenvalue weighted by molar-refractivity contribution is 7.91. The van der Waals surface area contributed by atoms with Crippen molar-refractivity contribution < 1.29 is 13.2 Å². The van der Waals surface area contributed by atoms with Gasteiger partial charge in [0.15, 0.2) is 9.84 Å². The lowest BCUT2D eigenvalue weighted by Crippen LogP contribution is -2.35. The van der Waals surface area contributed by atoms with Crippen molar-refractivity contribution in [3.05, 3.63) is 15.6 Å². The molecule has 22 heavy (non-hydrogen) atoms. The van der Waals surface area contributed by atoms with Crippen LogP contribution < -0.4 is 0 Å². The smallest absolute Gasteiger partial charge is 0.227 e. The van der Waals surface area contributed by atoms with E-state index in [1.807, 2.05) is 13.8 Å². The lowest BCUT2D eigenvalue weighted by Gasteiger charge is -2.26. The number of amides is 1. The number of nitrogens with zero attached hydrogens (tertiary/aromatic N) is 2. The topological polar surface area (TPSA) is 67.3 Å². The van der Waals surface area contributed by atoms with Crippen LogP contribution in [0.5, 0.6) is 0 Å². The molecule has 0 saturated carbocycles. The normalized spacial score (nSPS) is 22.0. The molecule has 1 amide bonds. The molecule has 0 aromatic carbocycles. The number of aromatic nitrogens is 1. The van der Waals surface area contributed by atoms with Gasteiger partial charge in [0.05, 0.1) is 34.2 Å². The van der Waals surface area contributed by atoms with E-state index in [1.165, 1.54) is 0 Å². The Bertz CT molecular complexity index is 664. The van der Waals surface area contributed by atoms with Crippen LogP contribution in [0.15, 0.2) is 0 Å². The van der Waals surface area contributed by atoms with Gasteiger partial charge in [0.1, 0.15) is 0 Å². The van der Waals surface area contributed by atoms with Crippen LogP contribution in [0.1, 0.15) is 54.7 Å². The summed E-state index contributed by atoms with van der Waals surface area (Å²) in [6.45, 7) is 8.15. The minimum atomic E-state index is -3.04. The Hall–Kier alpha value is -0.950. The number of carbonyl (C=O) groups is 1. The minimum Gasteiger partial charge on any atom is -0.338 e. The van der Waals surface area contributed by atoms with Crippen LogP contribution in [0.25, 0.3) is 0 Å². The highest BCUT2D eigenvalue weighted by Crippen LogP contribution is 2.33. The molecule has 1 aliphatic rings. The largest absolute Gasteiger partial charge is 0.338 e. The number of hydrogen-bond donors (Lipinski definition) is 0. The van der Waals surface area contributed by atoms with Gasteiger partial charge in [0.2, 0.25) is 5.91 Å². The first-order valence-corrected chi connectivity index (χ1v) is 10.2. The van der Waals surface area contributed by atoms with Crippen molar-refractivity contribution in [2.45, 2.75) is 46.1 Å². The minimum absolute atomic E-state index is 0.0121. The van der Waals surface area contributed by atoms with Crippen LogP contribution in [0, 0.1) is 12.8 Å². The molecule has 1 aromatic heterocycles. The molecule has 0 spiro atoms. The third-order valence-electron chi connectivity index (χ3n) is 4.23. The molecule has 0 unspecified atom stereocenters. The van der Waals surface area contributed by atoms with E-state index in [9.17, 15) is 13.2 Å². The first-order valence-electron chi connectivity index (χ1n) is 7.56. The number of sulfone groups is 1. The van der Waals surface area contributed by atoms with Crippen molar-refractivity contribution in [3.63, 3.8) is 0 Å². The summed E-state index contributed by atoms with van der Waals surface area (Å²) in [7, 11) is -1.28. The van der Waals surface area contributed by atoms with Gasteiger partial charge in [0, 0.05) is 17.8 Å². The summed E-state index contributed by atoms with van der Waals surface area (Å²) >= 11 is 1.64. The molecule has 1 fully saturated rings. The van der Waals surface area contributed by atoms with Crippen LogP contribution in [0.4, 0.5) is 0 Å². The summed E-state index contributed by atoms with van der Waals surface area (Å²) in [5.74, 6) is 0.0122. The van der Waals surface area contributed by atoms with Crippen LogP contribution in [-0.2, 0) is 14.6 Å². The monoisotopic (exact) mass is 344 g/mol. The maximum Gasteiger partial charge on any atom is 0.227 e. The fourth-order valence-corrected chi connectivity index (χ4v) is 5.61. The van der Waals surface area contributed by atoms with Gasteiger partial charge in [-0.1, -0.05) is 13.8 Å². The highest BCUT2D eigenvalue weighted by Gasteiger charge is 2.36. The average Bonchev–Trinajstić information content (AvgIpc) is 2.99. The van der Waals surface area contributed by atoms with E-state index in [0.717, 1.165) is 15.6 Å². The van der Waals surface area contributed by atoms with Crippen molar-refractivity contribution in [1.82, 2.24) is 9.88 Å². The van der Waals surface area contributed by atoms with Gasteiger partial charge in [-0.05, 0) is 20.3 Å². The van der Waals surface area contributed by atoms with E-state index in [4.69, 9.17) is 0 Å². The molecule has 2 heterocycles. The lowest BCUT2D eigenvalue weighted by molar-refractivity contribution is -0.135. The molecular formula is C15H24N2O3S2. The maximum atomic E-state index is 12.5. The van der Waals surface area contributed by atoms with E-state index >= 15 is 0 Å². The molecule has 7 heteroatoms. The molecule has 0 bridgehead atoms. The van der Waals surface area contributed by atoms with Crippen LogP contribution in [0.2, 0.25) is 0 Å². The second-order valence-electron chi connectivity index (χ2n) is 6.38. The van der Waals surface area contributed by atoms with Gasteiger partial charge in [-0.2, -0.15) is 0 Å². The summed E-state index contributed by atoms with van der Waals surface area (Å²) in [6, 6.07) is -0.0826. The molecule has 124 valence electrons. The van der Waals surface area contributed by atoms with Crippen molar-refractivity contribution in [3.8, 4) is 0 Å². The molecular weight excluding hydrogens is 320 g/mol. The molecule has 0 aliphatic carbocycles. The Morgan fingerprint density at radius 3 is 2.45 bits per heavy atom. The Balaban J connectivity index is 2.15. The standard InChI is InChI=1S/C15H24N2O3S2/c1-9(2)14-16-10(3)13(21-14)11(4)17(5)15(18)12-6-7-22(19,20)8-12/h9,11-12H,6-8H2,1-5H3/t11-,12-/m0/s1. The molecule has 5 nitrogen and oxygen atoms in total. The van der Waals surface area contributed by atoms with Crippen molar-refractivity contribution in [2.75, 3.05) is 18.6 Å². The Morgan fingerprint density at radius 2 is 2.00 bits per heavy atom. The van der Waals surface area contributed by atoms with E-state index in [-0.39, 0.29) is 23.5 Å². The van der Waals surface area contributed by atoms with E-state index in [0.29, 0.717) is 12.3 Å². The number of hydrogen-bond acceptors (Lipinski definition) is 5. The molecule has 2 rings (SSSR count). The number of thiazole rings is 1. The van der Waals surface area contributed by atoms with Gasteiger partial charge in [-0.3, -0.25) is 4.79 Å². The zero-order valence-corrected chi connectivity index (χ0v) is 15.4. The molecule has 1 saturated heterocycles. The van der Waals surface area contributed by atoms with Gasteiger partial charge in [-0.15, -0.1) is 11.3 Å². The third-order valence-corrected chi connectivity index (χ3v) is 7.63. The predicted octanol–water partition coefficient (Wildman–Crippen LogP) is 2.53. The number of rotatable bonds is 4. The number of carbonyl (C=O) groups excluding carboxylic acids is 1. The second kappa shape index (κ2) is 6.28. The van der Waals surface area contributed by atoms with Gasteiger partial charge >= 0.3 is 0 Å². The quantitative estimate of drug-likeness (QED) is 0.842. The Kier molecular flexibility index (Phi) is 4.96. The summed E-state index contributed by atoms with van der Waals surface area (Å²) in [6.07, 6.45) is 0.442. The van der Waals surface area contributed by atoms with Gasteiger partial charge in [-0.25, -0.2) is 13.4 Å². The van der Waals surface area contributed by atoms with Crippen molar-refractivity contribution >= 4 is 27.1 Å². The van der Waals surface area contributed by atoms with Crippen molar-refractivity contribution in [1.29, 1.82) is 0 Å². The van der Waals surface area contributed by atoms with E-state index < -0.39 is 15.8 Å². The molecule has 0 radical (unpaired) electrons. The third kappa shape index (κ3) is 3.51. The lowest BCUT2D eigenvalue weighted by atomic mass is 10.1. The molecule has 2 atom stereocenters.